The number of hydrogen-bond donors (Lipinski definition) is 2. The SMILES string of the molecule is CCCc1c(C)cc(N)c(N)c1C(C)C. The van der Waals surface area contributed by atoms with Crippen LogP contribution in [0.2, 0.25) is 0 Å². The van der Waals surface area contributed by atoms with Crippen molar-refractivity contribution in [1.82, 2.24) is 0 Å². The number of aryl methyl sites for hydroxylation is 1. The summed E-state index contributed by atoms with van der Waals surface area (Å²) in [6.45, 7) is 8.65. The fourth-order valence-corrected chi connectivity index (χ4v) is 2.17. The molecule has 2 nitrogen and oxygen atoms in total. The van der Waals surface area contributed by atoms with Crippen molar-refractivity contribution in [3.63, 3.8) is 0 Å². The normalized spacial score (nSPS) is 11.0. The molecule has 2 heteroatoms. The minimum Gasteiger partial charge on any atom is -0.397 e. The van der Waals surface area contributed by atoms with Crippen molar-refractivity contribution < 1.29 is 0 Å². The molecule has 0 radical (unpaired) electrons. The summed E-state index contributed by atoms with van der Waals surface area (Å²) in [7, 11) is 0. The zero-order valence-corrected chi connectivity index (χ0v) is 10.2. The minimum atomic E-state index is 0.439. The molecule has 0 heterocycles. The molecule has 0 spiro atoms. The molecular formula is C13H22N2. The van der Waals surface area contributed by atoms with Crippen LogP contribution in [-0.2, 0) is 6.42 Å². The van der Waals surface area contributed by atoms with Gasteiger partial charge in [-0.1, -0.05) is 27.2 Å². The van der Waals surface area contributed by atoms with Crippen molar-refractivity contribution in [2.75, 3.05) is 11.5 Å². The topological polar surface area (TPSA) is 52.0 Å². The predicted molar refractivity (Wildman–Crippen MR) is 68.1 cm³/mol. The second kappa shape index (κ2) is 4.56. The highest BCUT2D eigenvalue weighted by molar-refractivity contribution is 5.71. The number of rotatable bonds is 3. The van der Waals surface area contributed by atoms with Crippen molar-refractivity contribution in [2.45, 2.75) is 46.5 Å². The molecule has 15 heavy (non-hydrogen) atoms. The molecule has 1 rings (SSSR count). The van der Waals surface area contributed by atoms with E-state index in [0.29, 0.717) is 5.92 Å². The van der Waals surface area contributed by atoms with Gasteiger partial charge in [-0.25, -0.2) is 0 Å². The lowest BCUT2D eigenvalue weighted by molar-refractivity contribution is 0.819. The number of nitrogen functional groups attached to an aromatic ring is 2. The van der Waals surface area contributed by atoms with Gasteiger partial charge in [0, 0.05) is 0 Å². The molecule has 84 valence electrons. The third-order valence-corrected chi connectivity index (χ3v) is 2.85. The van der Waals surface area contributed by atoms with Gasteiger partial charge in [0.15, 0.2) is 0 Å². The van der Waals surface area contributed by atoms with E-state index in [1.54, 1.807) is 0 Å². The van der Waals surface area contributed by atoms with Crippen molar-refractivity contribution in [1.29, 1.82) is 0 Å². The lowest BCUT2D eigenvalue weighted by Gasteiger charge is -2.19. The van der Waals surface area contributed by atoms with E-state index in [1.807, 2.05) is 6.07 Å². The van der Waals surface area contributed by atoms with Crippen molar-refractivity contribution in [3.05, 3.63) is 22.8 Å². The standard InChI is InChI=1S/C13H22N2/c1-5-6-10-9(4)7-11(14)13(15)12(10)8(2)3/h7-8H,5-6,14-15H2,1-4H3. The van der Waals surface area contributed by atoms with E-state index >= 15 is 0 Å². The highest BCUT2D eigenvalue weighted by Crippen LogP contribution is 2.33. The van der Waals surface area contributed by atoms with Gasteiger partial charge in [0.05, 0.1) is 11.4 Å². The summed E-state index contributed by atoms with van der Waals surface area (Å²) in [6.07, 6.45) is 2.23. The Kier molecular flexibility index (Phi) is 3.61. The second-order valence-electron chi connectivity index (χ2n) is 4.49. The van der Waals surface area contributed by atoms with Crippen LogP contribution in [0.4, 0.5) is 11.4 Å². The van der Waals surface area contributed by atoms with Gasteiger partial charge in [0.1, 0.15) is 0 Å². The Labute approximate surface area is 92.7 Å². The predicted octanol–water partition coefficient (Wildman–Crippen LogP) is 3.24. The van der Waals surface area contributed by atoms with Gasteiger partial charge >= 0.3 is 0 Å². The van der Waals surface area contributed by atoms with E-state index in [4.69, 9.17) is 11.5 Å². The Hall–Kier alpha value is -1.18. The van der Waals surface area contributed by atoms with Crippen LogP contribution in [0, 0.1) is 6.92 Å². The average Bonchev–Trinajstić information content (AvgIpc) is 2.14. The van der Waals surface area contributed by atoms with Crippen molar-refractivity contribution in [3.8, 4) is 0 Å². The molecule has 0 atom stereocenters. The summed E-state index contributed by atoms with van der Waals surface area (Å²) in [6, 6.07) is 1.99. The monoisotopic (exact) mass is 206 g/mol. The summed E-state index contributed by atoms with van der Waals surface area (Å²) in [4.78, 5) is 0. The molecule has 0 fully saturated rings. The number of nitrogens with two attached hydrogens (primary N) is 2. The van der Waals surface area contributed by atoms with E-state index in [-0.39, 0.29) is 0 Å². The quantitative estimate of drug-likeness (QED) is 0.746. The number of benzene rings is 1. The van der Waals surface area contributed by atoms with Crippen LogP contribution in [0.5, 0.6) is 0 Å². The maximum Gasteiger partial charge on any atom is 0.0585 e. The van der Waals surface area contributed by atoms with E-state index in [0.717, 1.165) is 24.2 Å². The molecule has 0 saturated carbocycles. The first-order chi connectivity index (χ1) is 6.99. The molecule has 1 aromatic carbocycles. The van der Waals surface area contributed by atoms with Gasteiger partial charge in [-0.2, -0.15) is 0 Å². The first kappa shape index (κ1) is 11.9. The zero-order valence-electron chi connectivity index (χ0n) is 10.2. The summed E-state index contributed by atoms with van der Waals surface area (Å²) in [5.74, 6) is 0.439. The first-order valence-electron chi connectivity index (χ1n) is 5.66. The van der Waals surface area contributed by atoms with Gasteiger partial charge in [0.2, 0.25) is 0 Å². The zero-order chi connectivity index (χ0) is 11.6. The Morgan fingerprint density at radius 1 is 1.27 bits per heavy atom. The molecule has 0 saturated heterocycles. The number of hydrogen-bond acceptors (Lipinski definition) is 2. The maximum atomic E-state index is 6.06. The van der Waals surface area contributed by atoms with Gasteiger partial charge in [-0.05, 0) is 42.0 Å². The lowest BCUT2D eigenvalue weighted by Crippen LogP contribution is -2.07. The van der Waals surface area contributed by atoms with E-state index in [9.17, 15) is 0 Å². The summed E-state index contributed by atoms with van der Waals surface area (Å²) < 4.78 is 0. The van der Waals surface area contributed by atoms with Gasteiger partial charge in [-0.3, -0.25) is 0 Å². The van der Waals surface area contributed by atoms with Crippen LogP contribution in [0.1, 0.15) is 49.8 Å². The van der Waals surface area contributed by atoms with E-state index in [2.05, 4.69) is 27.7 Å². The van der Waals surface area contributed by atoms with Gasteiger partial charge in [0.25, 0.3) is 0 Å². The molecule has 0 aliphatic rings. The fraction of sp³-hybridized carbons (Fsp3) is 0.538. The van der Waals surface area contributed by atoms with Crippen LogP contribution in [0.3, 0.4) is 0 Å². The molecule has 0 aliphatic heterocycles. The molecule has 0 aliphatic carbocycles. The van der Waals surface area contributed by atoms with Crippen molar-refractivity contribution in [2.24, 2.45) is 0 Å². The third kappa shape index (κ3) is 2.25. The molecule has 0 aromatic heterocycles. The average molecular weight is 206 g/mol. The Balaban J connectivity index is 3.40. The van der Waals surface area contributed by atoms with Crippen LogP contribution in [0.25, 0.3) is 0 Å². The van der Waals surface area contributed by atoms with Crippen LogP contribution < -0.4 is 11.5 Å². The Bertz CT molecular complexity index is 354. The molecule has 0 unspecified atom stereocenters. The van der Waals surface area contributed by atoms with Crippen LogP contribution in [0.15, 0.2) is 6.07 Å². The van der Waals surface area contributed by atoms with Gasteiger partial charge < -0.3 is 11.5 Å². The molecule has 0 amide bonds. The van der Waals surface area contributed by atoms with E-state index in [1.165, 1.54) is 16.7 Å². The maximum absolute atomic E-state index is 6.06. The Morgan fingerprint density at radius 3 is 2.33 bits per heavy atom. The molecule has 1 aromatic rings. The van der Waals surface area contributed by atoms with Gasteiger partial charge in [-0.15, -0.1) is 0 Å². The summed E-state index contributed by atoms with van der Waals surface area (Å²) in [5.41, 5.74) is 17.4. The number of anilines is 2. The second-order valence-corrected chi connectivity index (χ2v) is 4.49. The third-order valence-electron chi connectivity index (χ3n) is 2.85. The van der Waals surface area contributed by atoms with E-state index < -0.39 is 0 Å². The molecular weight excluding hydrogens is 184 g/mol. The first-order valence-corrected chi connectivity index (χ1v) is 5.66. The lowest BCUT2D eigenvalue weighted by atomic mass is 9.89. The van der Waals surface area contributed by atoms with Crippen LogP contribution >= 0.6 is 0 Å². The Morgan fingerprint density at radius 2 is 1.87 bits per heavy atom. The smallest absolute Gasteiger partial charge is 0.0585 e. The summed E-state index contributed by atoms with van der Waals surface area (Å²) >= 11 is 0. The molecule has 0 bridgehead atoms. The highest BCUT2D eigenvalue weighted by Gasteiger charge is 2.14. The van der Waals surface area contributed by atoms with Crippen LogP contribution in [-0.4, -0.2) is 0 Å². The fourth-order valence-electron chi connectivity index (χ4n) is 2.17. The molecule has 4 N–H and O–H groups in total. The largest absolute Gasteiger partial charge is 0.397 e. The highest BCUT2D eigenvalue weighted by atomic mass is 14.7. The summed E-state index contributed by atoms with van der Waals surface area (Å²) in [5, 5.41) is 0. The van der Waals surface area contributed by atoms with Crippen molar-refractivity contribution >= 4 is 11.4 Å². The minimum absolute atomic E-state index is 0.439.